The van der Waals surface area contributed by atoms with E-state index in [-0.39, 0.29) is 5.91 Å². The molecular formula is C11H14N4O. The smallest absolute Gasteiger partial charge is 0.258 e. The Morgan fingerprint density at radius 1 is 1.62 bits per heavy atom. The minimum absolute atomic E-state index is 0.0807. The van der Waals surface area contributed by atoms with Crippen LogP contribution in [0.5, 0.6) is 0 Å². The molecule has 0 radical (unpaired) electrons. The van der Waals surface area contributed by atoms with Crippen LogP contribution in [-0.2, 0) is 0 Å². The Hall–Kier alpha value is -1.83. The molecule has 0 amide bonds. The number of nitriles is 1. The molecule has 84 valence electrons. The van der Waals surface area contributed by atoms with Crippen molar-refractivity contribution in [2.45, 2.75) is 32.7 Å². The second-order valence-electron chi connectivity index (χ2n) is 4.00. The van der Waals surface area contributed by atoms with Crippen molar-refractivity contribution >= 4 is 11.7 Å². The molecule has 2 rings (SSSR count). The van der Waals surface area contributed by atoms with Crippen LogP contribution < -0.4 is 5.32 Å². The van der Waals surface area contributed by atoms with Crippen molar-refractivity contribution in [1.29, 1.82) is 5.26 Å². The number of carbonyl (C=O) groups is 1. The molecule has 5 heteroatoms. The van der Waals surface area contributed by atoms with E-state index in [1.165, 1.54) is 4.68 Å². The first-order valence-electron chi connectivity index (χ1n) is 5.44. The number of nitrogens with zero attached hydrogens (tertiary/aromatic N) is 3. The maximum Gasteiger partial charge on any atom is 0.258 e. The third kappa shape index (κ3) is 1.16. The summed E-state index contributed by atoms with van der Waals surface area (Å²) >= 11 is 0. The van der Waals surface area contributed by atoms with Crippen LogP contribution in [0.3, 0.4) is 0 Å². The number of hydrogen-bond acceptors (Lipinski definition) is 4. The summed E-state index contributed by atoms with van der Waals surface area (Å²) in [5.41, 5.74) is -0.659. The highest BCUT2D eigenvalue weighted by molar-refractivity contribution is 5.90. The molecule has 16 heavy (non-hydrogen) atoms. The number of hydrogen-bond donors (Lipinski definition) is 1. The minimum Gasteiger partial charge on any atom is -0.353 e. The predicted molar refractivity (Wildman–Crippen MR) is 58.9 cm³/mol. The Bertz CT molecular complexity index is 453. The molecule has 0 saturated heterocycles. The zero-order valence-corrected chi connectivity index (χ0v) is 9.40. The topological polar surface area (TPSA) is 70.7 Å². The van der Waals surface area contributed by atoms with Crippen LogP contribution in [0.2, 0.25) is 0 Å². The summed E-state index contributed by atoms with van der Waals surface area (Å²) in [7, 11) is 0. The van der Waals surface area contributed by atoms with Crippen molar-refractivity contribution in [2.24, 2.45) is 5.41 Å². The van der Waals surface area contributed by atoms with Gasteiger partial charge in [-0.3, -0.25) is 4.79 Å². The Morgan fingerprint density at radius 3 is 2.88 bits per heavy atom. The summed E-state index contributed by atoms with van der Waals surface area (Å²) in [4.78, 5) is 12.3. The molecule has 2 heterocycles. The molecule has 0 fully saturated rings. The van der Waals surface area contributed by atoms with E-state index in [1.807, 2.05) is 13.8 Å². The van der Waals surface area contributed by atoms with Crippen molar-refractivity contribution in [3.05, 3.63) is 12.3 Å². The third-order valence-corrected chi connectivity index (χ3v) is 3.50. The molecule has 1 unspecified atom stereocenters. The van der Waals surface area contributed by atoms with E-state index in [1.54, 1.807) is 12.3 Å². The van der Waals surface area contributed by atoms with E-state index in [0.717, 1.165) is 0 Å². The predicted octanol–water partition coefficient (Wildman–Crippen LogP) is 1.65. The summed E-state index contributed by atoms with van der Waals surface area (Å²) in [5.74, 6) is 0.525. The van der Waals surface area contributed by atoms with Gasteiger partial charge in [-0.1, -0.05) is 13.8 Å². The quantitative estimate of drug-likeness (QED) is 0.819. The Labute approximate surface area is 94.1 Å². The second-order valence-corrected chi connectivity index (χ2v) is 4.00. The summed E-state index contributed by atoms with van der Waals surface area (Å²) in [6, 6.07) is 3.42. The van der Waals surface area contributed by atoms with Gasteiger partial charge in [-0.15, -0.1) is 0 Å². The fraction of sp³-hybridized carbons (Fsp3) is 0.545. The van der Waals surface area contributed by atoms with Crippen LogP contribution in [-0.4, -0.2) is 21.7 Å². The SMILES string of the molecule is CCC1(CC)C(=O)n2nccc2NC1C#N. The molecule has 0 saturated carbocycles. The van der Waals surface area contributed by atoms with Gasteiger partial charge >= 0.3 is 0 Å². The van der Waals surface area contributed by atoms with E-state index in [4.69, 9.17) is 0 Å². The van der Waals surface area contributed by atoms with Crippen LogP contribution in [0.15, 0.2) is 12.3 Å². The first-order valence-corrected chi connectivity index (χ1v) is 5.44. The lowest BCUT2D eigenvalue weighted by Gasteiger charge is -2.38. The lowest BCUT2D eigenvalue weighted by molar-refractivity contribution is 0.0629. The Balaban J connectivity index is 2.55. The lowest BCUT2D eigenvalue weighted by atomic mass is 9.74. The van der Waals surface area contributed by atoms with E-state index in [9.17, 15) is 10.1 Å². The average molecular weight is 218 g/mol. The monoisotopic (exact) mass is 218 g/mol. The standard InChI is InChI=1S/C11H14N4O/c1-3-11(4-2)8(7-12)14-9-5-6-13-15(9)10(11)16/h5-6,8,14H,3-4H2,1-2H3. The highest BCUT2D eigenvalue weighted by Crippen LogP contribution is 2.38. The Morgan fingerprint density at radius 2 is 2.31 bits per heavy atom. The molecule has 1 aliphatic heterocycles. The zero-order valence-electron chi connectivity index (χ0n) is 9.40. The third-order valence-electron chi connectivity index (χ3n) is 3.50. The number of anilines is 1. The summed E-state index contributed by atoms with van der Waals surface area (Å²) in [5, 5.41) is 16.2. The van der Waals surface area contributed by atoms with Crippen LogP contribution >= 0.6 is 0 Å². The summed E-state index contributed by atoms with van der Waals surface area (Å²) in [6.45, 7) is 3.86. The maximum absolute atomic E-state index is 12.3. The van der Waals surface area contributed by atoms with Gasteiger partial charge in [-0.2, -0.15) is 15.0 Å². The molecule has 1 N–H and O–H groups in total. The van der Waals surface area contributed by atoms with E-state index in [0.29, 0.717) is 18.7 Å². The summed E-state index contributed by atoms with van der Waals surface area (Å²) < 4.78 is 1.36. The van der Waals surface area contributed by atoms with Gasteiger partial charge in [0.05, 0.1) is 17.7 Å². The van der Waals surface area contributed by atoms with Crippen molar-refractivity contribution in [1.82, 2.24) is 9.78 Å². The lowest BCUT2D eigenvalue weighted by Crippen LogP contribution is -2.52. The first kappa shape index (κ1) is 10.7. The number of carbonyl (C=O) groups excluding carboxylic acids is 1. The van der Waals surface area contributed by atoms with Crippen LogP contribution in [0, 0.1) is 16.7 Å². The largest absolute Gasteiger partial charge is 0.353 e. The minimum atomic E-state index is -0.659. The van der Waals surface area contributed by atoms with Gasteiger partial charge < -0.3 is 5.32 Å². The summed E-state index contributed by atoms with van der Waals surface area (Å²) in [6.07, 6.45) is 2.83. The molecule has 0 aromatic carbocycles. The maximum atomic E-state index is 12.3. The normalized spacial score (nSPS) is 22.1. The molecule has 0 aliphatic carbocycles. The van der Waals surface area contributed by atoms with Crippen LogP contribution in [0.1, 0.15) is 31.5 Å². The van der Waals surface area contributed by atoms with Crippen molar-refractivity contribution in [3.8, 4) is 6.07 Å². The van der Waals surface area contributed by atoms with E-state index >= 15 is 0 Å². The molecule has 0 bridgehead atoms. The van der Waals surface area contributed by atoms with Gasteiger partial charge in [0.15, 0.2) is 0 Å². The molecule has 1 aliphatic rings. The van der Waals surface area contributed by atoms with Gasteiger partial charge in [0.25, 0.3) is 5.91 Å². The molecule has 1 atom stereocenters. The van der Waals surface area contributed by atoms with Crippen molar-refractivity contribution in [2.75, 3.05) is 5.32 Å². The molecule has 0 spiro atoms. The zero-order chi connectivity index (χ0) is 11.8. The number of nitrogens with one attached hydrogen (secondary N) is 1. The molecule has 5 nitrogen and oxygen atoms in total. The van der Waals surface area contributed by atoms with Crippen LogP contribution in [0.4, 0.5) is 5.82 Å². The Kier molecular flexibility index (Phi) is 2.43. The van der Waals surface area contributed by atoms with Crippen molar-refractivity contribution < 1.29 is 4.79 Å². The van der Waals surface area contributed by atoms with E-state index in [2.05, 4.69) is 16.5 Å². The van der Waals surface area contributed by atoms with E-state index < -0.39 is 11.5 Å². The molecule has 1 aromatic rings. The fourth-order valence-electron chi connectivity index (χ4n) is 2.31. The number of fused-ring (bicyclic) bond motifs is 1. The number of rotatable bonds is 2. The van der Waals surface area contributed by atoms with Gasteiger partial charge in [0.1, 0.15) is 11.9 Å². The molecule has 1 aromatic heterocycles. The molecular weight excluding hydrogens is 204 g/mol. The fourth-order valence-corrected chi connectivity index (χ4v) is 2.31. The highest BCUT2D eigenvalue weighted by atomic mass is 16.2. The van der Waals surface area contributed by atoms with Gasteiger partial charge in [0, 0.05) is 6.07 Å². The highest BCUT2D eigenvalue weighted by Gasteiger charge is 2.48. The van der Waals surface area contributed by atoms with Gasteiger partial charge in [-0.05, 0) is 12.8 Å². The number of aromatic nitrogens is 2. The van der Waals surface area contributed by atoms with Crippen LogP contribution in [0.25, 0.3) is 0 Å². The van der Waals surface area contributed by atoms with Gasteiger partial charge in [-0.25, -0.2) is 0 Å². The second kappa shape index (κ2) is 3.63. The average Bonchev–Trinajstić information content (AvgIpc) is 2.77. The van der Waals surface area contributed by atoms with Gasteiger partial charge in [0.2, 0.25) is 0 Å². The first-order chi connectivity index (χ1) is 7.69. The van der Waals surface area contributed by atoms with Crippen molar-refractivity contribution in [3.63, 3.8) is 0 Å².